The molecule has 0 spiro atoms. The van der Waals surface area contributed by atoms with E-state index in [1.165, 1.54) is 11.3 Å². The summed E-state index contributed by atoms with van der Waals surface area (Å²) in [6.45, 7) is 5.49. The third kappa shape index (κ3) is 4.91. The first-order valence-corrected chi connectivity index (χ1v) is 8.38. The number of nitrogens with zero attached hydrogens (tertiary/aromatic N) is 1. The van der Waals surface area contributed by atoms with Crippen molar-refractivity contribution in [3.8, 4) is 0 Å². The zero-order chi connectivity index (χ0) is 13.1. The van der Waals surface area contributed by atoms with Gasteiger partial charge in [0.05, 0.1) is 11.8 Å². The van der Waals surface area contributed by atoms with Gasteiger partial charge in [-0.1, -0.05) is 6.92 Å². The van der Waals surface area contributed by atoms with E-state index in [1.54, 1.807) is 6.92 Å². The molecular weight excluding hydrogens is 280 g/mol. The Morgan fingerprint density at radius 3 is 2.65 bits per heavy atom. The summed E-state index contributed by atoms with van der Waals surface area (Å²) in [7, 11) is -3.30. The predicted molar refractivity (Wildman–Crippen MR) is 72.1 cm³/mol. The predicted octanol–water partition coefficient (Wildman–Crippen LogP) is 2.31. The Bertz CT molecular complexity index is 459. The van der Waals surface area contributed by atoms with Crippen molar-refractivity contribution in [2.24, 2.45) is 5.92 Å². The van der Waals surface area contributed by atoms with Crippen molar-refractivity contribution in [1.82, 2.24) is 9.71 Å². The van der Waals surface area contributed by atoms with E-state index in [9.17, 15) is 8.42 Å². The SMILES string of the molecule is Cc1csc(C(C)NS(=O)(=O)CC(C)CCl)n1. The molecule has 7 heteroatoms. The van der Waals surface area contributed by atoms with Crippen LogP contribution in [0.1, 0.15) is 30.6 Å². The number of rotatable bonds is 6. The number of alkyl halides is 1. The number of halogens is 1. The Labute approximate surface area is 111 Å². The number of hydrogen-bond acceptors (Lipinski definition) is 4. The number of sulfonamides is 1. The normalized spacial score (nSPS) is 15.8. The van der Waals surface area contributed by atoms with Gasteiger partial charge in [0.25, 0.3) is 0 Å². The lowest BCUT2D eigenvalue weighted by Gasteiger charge is -2.14. The Morgan fingerprint density at radius 1 is 1.53 bits per heavy atom. The standard InChI is InChI=1S/C10H17ClN2O2S2/c1-7(4-11)6-17(14,15)13-9(3)10-12-8(2)5-16-10/h5,7,9,13H,4,6H2,1-3H3. The highest BCUT2D eigenvalue weighted by atomic mass is 35.5. The van der Waals surface area contributed by atoms with Crippen LogP contribution < -0.4 is 4.72 Å². The fourth-order valence-corrected chi connectivity index (χ4v) is 4.09. The molecule has 0 aromatic carbocycles. The van der Waals surface area contributed by atoms with Gasteiger partial charge >= 0.3 is 0 Å². The maximum atomic E-state index is 11.8. The van der Waals surface area contributed by atoms with Gasteiger partial charge in [-0.05, 0) is 19.8 Å². The second-order valence-corrected chi connectivity index (χ2v) is 7.20. The molecule has 0 saturated carbocycles. The van der Waals surface area contributed by atoms with Crippen molar-refractivity contribution in [2.75, 3.05) is 11.6 Å². The average molecular weight is 297 g/mol. The minimum absolute atomic E-state index is 0.0468. The molecule has 1 aromatic heterocycles. The summed E-state index contributed by atoms with van der Waals surface area (Å²) in [5.74, 6) is 0.330. The number of aryl methyl sites for hydroxylation is 1. The van der Waals surface area contributed by atoms with E-state index in [2.05, 4.69) is 9.71 Å². The first kappa shape index (κ1) is 14.9. The van der Waals surface area contributed by atoms with Crippen molar-refractivity contribution < 1.29 is 8.42 Å². The number of hydrogen-bond donors (Lipinski definition) is 1. The van der Waals surface area contributed by atoms with Crippen LogP contribution in [0.25, 0.3) is 0 Å². The molecule has 2 unspecified atom stereocenters. The number of nitrogens with one attached hydrogen (secondary N) is 1. The third-order valence-corrected chi connectivity index (χ3v) is 5.52. The zero-order valence-corrected chi connectivity index (χ0v) is 12.5. The van der Waals surface area contributed by atoms with E-state index in [-0.39, 0.29) is 17.7 Å². The molecule has 0 aliphatic rings. The minimum Gasteiger partial charge on any atom is -0.245 e. The number of aromatic nitrogens is 1. The lowest BCUT2D eigenvalue weighted by molar-refractivity contribution is 0.554. The lowest BCUT2D eigenvalue weighted by atomic mass is 10.3. The van der Waals surface area contributed by atoms with Crippen LogP contribution in [0.3, 0.4) is 0 Å². The van der Waals surface area contributed by atoms with Crippen LogP contribution in [-0.4, -0.2) is 25.0 Å². The summed E-state index contributed by atoms with van der Waals surface area (Å²) >= 11 is 7.07. The summed E-state index contributed by atoms with van der Waals surface area (Å²) in [6.07, 6.45) is 0. The maximum absolute atomic E-state index is 11.8. The van der Waals surface area contributed by atoms with E-state index in [0.29, 0.717) is 5.88 Å². The minimum atomic E-state index is -3.30. The maximum Gasteiger partial charge on any atom is 0.212 e. The molecule has 0 fully saturated rings. The highest BCUT2D eigenvalue weighted by molar-refractivity contribution is 7.89. The Morgan fingerprint density at radius 2 is 2.18 bits per heavy atom. The molecule has 1 aromatic rings. The van der Waals surface area contributed by atoms with Crippen molar-refractivity contribution in [3.63, 3.8) is 0 Å². The van der Waals surface area contributed by atoms with Gasteiger partial charge in [0, 0.05) is 17.0 Å². The van der Waals surface area contributed by atoms with Crippen molar-refractivity contribution >= 4 is 33.0 Å². The van der Waals surface area contributed by atoms with E-state index < -0.39 is 10.0 Å². The van der Waals surface area contributed by atoms with E-state index in [4.69, 9.17) is 11.6 Å². The Hall–Kier alpha value is -0.170. The van der Waals surface area contributed by atoms with Crippen molar-refractivity contribution in [3.05, 3.63) is 16.1 Å². The molecule has 0 radical (unpaired) electrons. The monoisotopic (exact) mass is 296 g/mol. The van der Waals surface area contributed by atoms with Gasteiger partial charge < -0.3 is 0 Å². The fraction of sp³-hybridized carbons (Fsp3) is 0.700. The molecule has 17 heavy (non-hydrogen) atoms. The smallest absolute Gasteiger partial charge is 0.212 e. The molecule has 0 aliphatic heterocycles. The Balaban J connectivity index is 2.64. The summed E-state index contributed by atoms with van der Waals surface area (Å²) < 4.78 is 26.2. The van der Waals surface area contributed by atoms with Crippen molar-refractivity contribution in [2.45, 2.75) is 26.8 Å². The highest BCUT2D eigenvalue weighted by Gasteiger charge is 2.20. The van der Waals surface area contributed by atoms with Gasteiger partial charge in [-0.15, -0.1) is 22.9 Å². The number of thiazole rings is 1. The van der Waals surface area contributed by atoms with Crippen LogP contribution in [0.5, 0.6) is 0 Å². The first-order valence-electron chi connectivity index (χ1n) is 5.32. The molecule has 0 amide bonds. The van der Waals surface area contributed by atoms with Gasteiger partial charge in [0.15, 0.2) is 0 Å². The van der Waals surface area contributed by atoms with E-state index in [0.717, 1.165) is 10.7 Å². The van der Waals surface area contributed by atoms with Crippen LogP contribution in [0.2, 0.25) is 0 Å². The van der Waals surface area contributed by atoms with Crippen molar-refractivity contribution in [1.29, 1.82) is 0 Å². The van der Waals surface area contributed by atoms with E-state index in [1.807, 2.05) is 19.2 Å². The summed E-state index contributed by atoms with van der Waals surface area (Å²) in [6, 6.07) is -0.291. The fourth-order valence-electron chi connectivity index (χ4n) is 1.36. The topological polar surface area (TPSA) is 59.1 Å². The van der Waals surface area contributed by atoms with Crippen LogP contribution in [0.15, 0.2) is 5.38 Å². The van der Waals surface area contributed by atoms with Gasteiger partial charge in [0.2, 0.25) is 10.0 Å². The van der Waals surface area contributed by atoms with Crippen LogP contribution >= 0.6 is 22.9 Å². The van der Waals surface area contributed by atoms with Gasteiger partial charge in [-0.3, -0.25) is 0 Å². The molecule has 0 bridgehead atoms. The zero-order valence-electron chi connectivity index (χ0n) is 10.1. The van der Waals surface area contributed by atoms with Gasteiger partial charge in [0.1, 0.15) is 5.01 Å². The molecule has 98 valence electrons. The summed E-state index contributed by atoms with van der Waals surface area (Å²) in [4.78, 5) is 4.26. The second-order valence-electron chi connectivity index (χ2n) is 4.21. The molecule has 4 nitrogen and oxygen atoms in total. The summed E-state index contributed by atoms with van der Waals surface area (Å²) in [5, 5.41) is 2.69. The Kier molecular flexibility index (Phi) is 5.37. The van der Waals surface area contributed by atoms with Crippen LogP contribution in [0, 0.1) is 12.8 Å². The molecule has 2 atom stereocenters. The summed E-state index contributed by atoms with van der Waals surface area (Å²) in [5.41, 5.74) is 0.908. The lowest BCUT2D eigenvalue weighted by Crippen LogP contribution is -2.31. The molecule has 1 rings (SSSR count). The molecule has 0 saturated heterocycles. The average Bonchev–Trinajstić information content (AvgIpc) is 2.63. The first-order chi connectivity index (χ1) is 7.84. The van der Waals surface area contributed by atoms with Crippen LogP contribution in [0.4, 0.5) is 0 Å². The molecule has 1 N–H and O–H groups in total. The largest absolute Gasteiger partial charge is 0.245 e. The quantitative estimate of drug-likeness (QED) is 0.820. The molecular formula is C10H17ClN2O2S2. The molecule has 1 heterocycles. The van der Waals surface area contributed by atoms with Gasteiger partial charge in [-0.25, -0.2) is 18.1 Å². The third-order valence-electron chi connectivity index (χ3n) is 2.13. The molecule has 0 aliphatic carbocycles. The van der Waals surface area contributed by atoms with E-state index >= 15 is 0 Å². The second kappa shape index (κ2) is 6.13. The highest BCUT2D eigenvalue weighted by Crippen LogP contribution is 2.18. The van der Waals surface area contributed by atoms with Gasteiger partial charge in [-0.2, -0.15) is 0 Å². The van der Waals surface area contributed by atoms with Crippen LogP contribution in [-0.2, 0) is 10.0 Å².